The van der Waals surface area contributed by atoms with Crippen molar-refractivity contribution < 1.29 is 14.2 Å². The first-order valence-electron chi connectivity index (χ1n) is 9.53. The second kappa shape index (κ2) is 12.5. The fourth-order valence-corrected chi connectivity index (χ4v) is 3.61. The van der Waals surface area contributed by atoms with E-state index >= 15 is 0 Å². The van der Waals surface area contributed by atoms with Crippen molar-refractivity contribution in [3.05, 3.63) is 35.1 Å². The Morgan fingerprint density at radius 3 is 2.67 bits per heavy atom. The molecule has 154 valence electrons. The van der Waals surface area contributed by atoms with Gasteiger partial charge in [-0.25, -0.2) is 4.39 Å². The first-order chi connectivity index (χ1) is 12.6. The molecule has 0 radical (unpaired) electrons. The lowest BCUT2D eigenvalue weighted by Crippen LogP contribution is -2.43. The van der Waals surface area contributed by atoms with Crippen LogP contribution in [0.2, 0.25) is 0 Å². The number of hydrogen-bond acceptors (Lipinski definition) is 3. The summed E-state index contributed by atoms with van der Waals surface area (Å²) in [4.78, 5) is 4.29. The summed E-state index contributed by atoms with van der Waals surface area (Å²) in [5.41, 5.74) is 1.51. The van der Waals surface area contributed by atoms with Crippen LogP contribution in [0.3, 0.4) is 0 Å². The summed E-state index contributed by atoms with van der Waals surface area (Å²) in [5.74, 6) is 0.360. The Hall–Kier alpha value is -0.930. The van der Waals surface area contributed by atoms with Crippen molar-refractivity contribution in [2.75, 3.05) is 26.8 Å². The predicted octanol–water partition coefficient (Wildman–Crippen LogP) is 3.59. The van der Waals surface area contributed by atoms with Crippen LogP contribution >= 0.6 is 24.0 Å². The van der Waals surface area contributed by atoms with Crippen molar-refractivity contribution in [2.24, 2.45) is 10.4 Å². The van der Waals surface area contributed by atoms with E-state index in [1.165, 1.54) is 31.7 Å². The van der Waals surface area contributed by atoms with E-state index in [0.717, 1.165) is 37.7 Å². The van der Waals surface area contributed by atoms with Gasteiger partial charge in [0.2, 0.25) is 0 Å². The third kappa shape index (κ3) is 7.54. The summed E-state index contributed by atoms with van der Waals surface area (Å²) < 4.78 is 19.0. The van der Waals surface area contributed by atoms with Gasteiger partial charge in [-0.1, -0.05) is 18.9 Å². The van der Waals surface area contributed by atoms with Crippen LogP contribution in [0, 0.1) is 11.2 Å². The monoisotopic (exact) mass is 493 g/mol. The second-order valence-corrected chi connectivity index (χ2v) is 7.02. The van der Waals surface area contributed by atoms with Gasteiger partial charge in [-0.2, -0.15) is 0 Å². The van der Waals surface area contributed by atoms with Gasteiger partial charge in [-0.15, -0.1) is 24.0 Å². The molecule has 1 aliphatic rings. The van der Waals surface area contributed by atoms with Gasteiger partial charge in [0.05, 0.1) is 6.61 Å². The Balaban J connectivity index is 0.00000364. The number of rotatable bonds is 9. The van der Waals surface area contributed by atoms with Crippen molar-refractivity contribution in [1.82, 2.24) is 10.6 Å². The lowest BCUT2D eigenvalue weighted by Gasteiger charge is -2.30. The summed E-state index contributed by atoms with van der Waals surface area (Å²) in [7, 11) is 1.75. The molecular formula is C20H33FIN3O2. The first kappa shape index (κ1) is 24.1. The van der Waals surface area contributed by atoms with Gasteiger partial charge in [0.15, 0.2) is 5.96 Å². The zero-order valence-electron chi connectivity index (χ0n) is 16.4. The molecule has 1 fully saturated rings. The van der Waals surface area contributed by atoms with Crippen LogP contribution < -0.4 is 10.6 Å². The number of nitrogens with zero attached hydrogens (tertiary/aromatic N) is 1. The van der Waals surface area contributed by atoms with Gasteiger partial charge in [0.1, 0.15) is 5.82 Å². The van der Waals surface area contributed by atoms with Crippen LogP contribution in [0.25, 0.3) is 0 Å². The zero-order chi connectivity index (χ0) is 18.8. The summed E-state index contributed by atoms with van der Waals surface area (Å²) in [6, 6.07) is 4.78. The molecule has 1 aromatic carbocycles. The molecule has 1 saturated carbocycles. The van der Waals surface area contributed by atoms with Gasteiger partial charge in [-0.3, -0.25) is 4.99 Å². The number of ether oxygens (including phenoxy) is 1. The quantitative estimate of drug-likeness (QED) is 0.213. The largest absolute Gasteiger partial charge is 0.392 e. The molecule has 0 unspecified atom stereocenters. The molecule has 5 nitrogen and oxygen atoms in total. The Labute approximate surface area is 179 Å². The van der Waals surface area contributed by atoms with E-state index in [1.54, 1.807) is 19.2 Å². The van der Waals surface area contributed by atoms with Gasteiger partial charge < -0.3 is 20.5 Å². The molecule has 3 N–H and O–H groups in total. The molecule has 7 heteroatoms. The van der Waals surface area contributed by atoms with E-state index in [9.17, 15) is 9.50 Å². The highest BCUT2D eigenvalue weighted by atomic mass is 127. The third-order valence-corrected chi connectivity index (χ3v) is 5.24. The van der Waals surface area contributed by atoms with Crippen molar-refractivity contribution in [3.8, 4) is 0 Å². The lowest BCUT2D eigenvalue weighted by atomic mass is 9.83. The average Bonchev–Trinajstić information content (AvgIpc) is 3.12. The van der Waals surface area contributed by atoms with Crippen molar-refractivity contribution in [1.29, 1.82) is 0 Å². The van der Waals surface area contributed by atoms with Gasteiger partial charge in [-0.05, 0) is 49.3 Å². The topological polar surface area (TPSA) is 65.9 Å². The maximum Gasteiger partial charge on any atom is 0.191 e. The highest BCUT2D eigenvalue weighted by molar-refractivity contribution is 14.0. The van der Waals surface area contributed by atoms with E-state index in [-0.39, 0.29) is 41.8 Å². The lowest BCUT2D eigenvalue weighted by molar-refractivity contribution is 0.105. The number of benzene rings is 1. The maximum atomic E-state index is 13.5. The van der Waals surface area contributed by atoms with Gasteiger partial charge in [0.25, 0.3) is 0 Å². The molecule has 2 rings (SSSR count). The number of halogens is 2. The maximum absolute atomic E-state index is 13.5. The molecule has 0 bridgehead atoms. The fraction of sp³-hybridized carbons (Fsp3) is 0.650. The normalized spacial score (nSPS) is 16.1. The van der Waals surface area contributed by atoms with E-state index < -0.39 is 0 Å². The second-order valence-electron chi connectivity index (χ2n) is 7.02. The van der Waals surface area contributed by atoms with Crippen LogP contribution in [0.15, 0.2) is 23.2 Å². The van der Waals surface area contributed by atoms with Crippen LogP contribution in [0.1, 0.15) is 50.2 Å². The third-order valence-electron chi connectivity index (χ3n) is 5.24. The number of aliphatic imine (C=N–C) groups is 1. The van der Waals surface area contributed by atoms with E-state index in [0.29, 0.717) is 12.1 Å². The number of guanidine groups is 1. The van der Waals surface area contributed by atoms with Crippen molar-refractivity contribution in [2.45, 2.75) is 52.2 Å². The highest BCUT2D eigenvalue weighted by Crippen LogP contribution is 2.40. The molecule has 0 aliphatic heterocycles. The molecule has 0 aromatic heterocycles. The van der Waals surface area contributed by atoms with E-state index in [2.05, 4.69) is 15.6 Å². The molecule has 0 spiro atoms. The molecule has 1 aliphatic carbocycles. The minimum Gasteiger partial charge on any atom is -0.392 e. The average molecular weight is 493 g/mol. The summed E-state index contributed by atoms with van der Waals surface area (Å²) in [5, 5.41) is 15.9. The Morgan fingerprint density at radius 2 is 2.04 bits per heavy atom. The molecule has 1 aromatic rings. The SMILES string of the molecule is CCOCCC1(CNC(=NC)NCc2ccc(F)c(CO)c2)CCCC1.I. The fourth-order valence-electron chi connectivity index (χ4n) is 3.61. The van der Waals surface area contributed by atoms with Crippen molar-refractivity contribution >= 4 is 29.9 Å². The Bertz CT molecular complexity index is 593. The van der Waals surface area contributed by atoms with Gasteiger partial charge in [0, 0.05) is 38.9 Å². The smallest absolute Gasteiger partial charge is 0.191 e. The Morgan fingerprint density at radius 1 is 1.30 bits per heavy atom. The zero-order valence-corrected chi connectivity index (χ0v) is 18.7. The number of aliphatic hydroxyl groups excluding tert-OH is 1. The molecule has 0 amide bonds. The molecule has 27 heavy (non-hydrogen) atoms. The molecular weight excluding hydrogens is 460 g/mol. The Kier molecular flexibility index (Phi) is 11.2. The number of aliphatic hydroxyl groups is 1. The van der Waals surface area contributed by atoms with E-state index in [1.807, 2.05) is 6.92 Å². The molecule has 0 saturated heterocycles. The number of hydrogen-bond donors (Lipinski definition) is 3. The summed E-state index contributed by atoms with van der Waals surface area (Å²) in [6.45, 7) is 4.71. The molecule has 0 atom stereocenters. The first-order valence-corrected chi connectivity index (χ1v) is 9.53. The van der Waals surface area contributed by atoms with Crippen molar-refractivity contribution in [3.63, 3.8) is 0 Å². The summed E-state index contributed by atoms with van der Waals surface area (Å²) >= 11 is 0. The minimum atomic E-state index is -0.378. The number of nitrogens with one attached hydrogen (secondary N) is 2. The minimum absolute atomic E-state index is 0. The highest BCUT2D eigenvalue weighted by Gasteiger charge is 2.33. The van der Waals surface area contributed by atoms with Gasteiger partial charge >= 0.3 is 0 Å². The predicted molar refractivity (Wildman–Crippen MR) is 118 cm³/mol. The van der Waals surface area contributed by atoms with Crippen LogP contribution in [-0.4, -0.2) is 37.9 Å². The van der Waals surface area contributed by atoms with Crippen LogP contribution in [-0.2, 0) is 17.9 Å². The molecule has 0 heterocycles. The van der Waals surface area contributed by atoms with E-state index in [4.69, 9.17) is 4.74 Å². The summed E-state index contributed by atoms with van der Waals surface area (Å²) in [6.07, 6.45) is 6.07. The van der Waals surface area contributed by atoms with Crippen LogP contribution in [0.5, 0.6) is 0 Å². The standard InChI is InChI=1S/C20H32FN3O2.HI/c1-3-26-11-10-20(8-4-5-9-20)15-24-19(22-2)23-13-16-6-7-18(21)17(12-16)14-25;/h6-7,12,25H,3-5,8-11,13-15H2,1-2H3,(H2,22,23,24);1H. The van der Waals surface area contributed by atoms with Crippen LogP contribution in [0.4, 0.5) is 4.39 Å².